The van der Waals surface area contributed by atoms with Crippen molar-refractivity contribution in [2.75, 3.05) is 13.2 Å². The Hall–Kier alpha value is -2.77. The first-order chi connectivity index (χ1) is 13.5. The highest BCUT2D eigenvalue weighted by atomic mass is 16.4. The number of carbonyl (C=O) groups excluding carboxylic acids is 3. The summed E-state index contributed by atoms with van der Waals surface area (Å²) in [4.78, 5) is 60.4. The Balaban J connectivity index is 2.96. The molecule has 5 unspecified atom stereocenters. The number of hydrogen-bond acceptors (Lipinski definition) is 8. The van der Waals surface area contributed by atoms with Crippen LogP contribution in [0.4, 0.5) is 0 Å². The largest absolute Gasteiger partial charge is 0.481 e. The molecule has 0 saturated carbocycles. The molecule has 1 aliphatic heterocycles. The van der Waals surface area contributed by atoms with Gasteiger partial charge in [0, 0.05) is 6.54 Å². The molecule has 164 valence electrons. The monoisotopic (exact) mass is 418 g/mol. The van der Waals surface area contributed by atoms with Gasteiger partial charge in [-0.1, -0.05) is 0 Å². The topological polar surface area (TPSA) is 220 Å². The first kappa shape index (κ1) is 24.3. The lowest BCUT2D eigenvalue weighted by Crippen LogP contribution is -2.58. The number of nitrogens with zero attached hydrogens (tertiary/aromatic N) is 1. The molecule has 1 saturated heterocycles. The van der Waals surface area contributed by atoms with Crippen molar-refractivity contribution in [2.24, 2.45) is 5.73 Å². The van der Waals surface area contributed by atoms with Gasteiger partial charge in [-0.25, -0.2) is 4.79 Å². The summed E-state index contributed by atoms with van der Waals surface area (Å²) in [6, 6.07) is -5.57. The molecule has 0 radical (unpaired) electrons. The van der Waals surface area contributed by atoms with E-state index in [9.17, 15) is 29.1 Å². The zero-order chi connectivity index (χ0) is 22.3. The van der Waals surface area contributed by atoms with E-state index in [0.29, 0.717) is 6.42 Å². The Morgan fingerprint density at radius 1 is 1.17 bits per heavy atom. The number of likely N-dealkylation sites (tertiary alicyclic amines) is 1. The number of nitrogens with one attached hydrogen (secondary N) is 2. The van der Waals surface area contributed by atoms with Crippen molar-refractivity contribution in [3.05, 3.63) is 0 Å². The summed E-state index contributed by atoms with van der Waals surface area (Å²) in [7, 11) is 0. The standard InChI is InChI=1S/C16H26N4O9/c1-7(22)12(16(28)29)19-14(26)10-3-2-4-20(10)15(27)9(5-11(23)24)18-13(25)8(17)6-21/h7-10,12,21-22H,2-6,17H2,1H3,(H,18,25)(H,19,26)(H,23,24)(H,28,29). The zero-order valence-corrected chi connectivity index (χ0v) is 15.8. The fraction of sp³-hybridized carbons (Fsp3) is 0.688. The number of aliphatic carboxylic acids is 2. The maximum absolute atomic E-state index is 12.8. The van der Waals surface area contributed by atoms with Gasteiger partial charge in [-0.05, 0) is 19.8 Å². The summed E-state index contributed by atoms with van der Waals surface area (Å²) >= 11 is 0. The number of aliphatic hydroxyl groups is 2. The summed E-state index contributed by atoms with van der Waals surface area (Å²) < 4.78 is 0. The number of carbonyl (C=O) groups is 5. The Bertz CT molecular complexity index is 654. The average molecular weight is 418 g/mol. The molecule has 0 bridgehead atoms. The second-order valence-electron chi connectivity index (χ2n) is 6.70. The number of carboxylic acid groups (broad SMARTS) is 2. The third-order valence-electron chi connectivity index (χ3n) is 4.41. The first-order valence-electron chi connectivity index (χ1n) is 8.89. The molecule has 0 aromatic rings. The van der Waals surface area contributed by atoms with Crippen LogP contribution >= 0.6 is 0 Å². The van der Waals surface area contributed by atoms with Crippen LogP contribution in [-0.2, 0) is 24.0 Å². The number of amides is 3. The summed E-state index contributed by atoms with van der Waals surface area (Å²) in [5.41, 5.74) is 5.36. The summed E-state index contributed by atoms with van der Waals surface area (Å²) in [5, 5.41) is 40.8. The van der Waals surface area contributed by atoms with Crippen molar-refractivity contribution in [3.63, 3.8) is 0 Å². The summed E-state index contributed by atoms with van der Waals surface area (Å²) in [6.07, 6.45) is -1.59. The van der Waals surface area contributed by atoms with Gasteiger partial charge in [-0.15, -0.1) is 0 Å². The number of carboxylic acids is 2. The van der Waals surface area contributed by atoms with Crippen LogP contribution in [0.2, 0.25) is 0 Å². The molecule has 0 aliphatic carbocycles. The highest BCUT2D eigenvalue weighted by Crippen LogP contribution is 2.20. The van der Waals surface area contributed by atoms with Crippen LogP contribution < -0.4 is 16.4 Å². The summed E-state index contributed by atoms with van der Waals surface area (Å²) in [5.74, 6) is -5.46. The Morgan fingerprint density at radius 3 is 2.28 bits per heavy atom. The van der Waals surface area contributed by atoms with E-state index in [-0.39, 0.29) is 13.0 Å². The van der Waals surface area contributed by atoms with Crippen molar-refractivity contribution < 1.29 is 44.4 Å². The molecule has 0 aromatic heterocycles. The van der Waals surface area contributed by atoms with Gasteiger partial charge in [-0.2, -0.15) is 0 Å². The molecule has 13 nitrogen and oxygen atoms in total. The van der Waals surface area contributed by atoms with Gasteiger partial charge < -0.3 is 41.7 Å². The van der Waals surface area contributed by atoms with Crippen LogP contribution in [-0.4, -0.2) is 98.4 Å². The van der Waals surface area contributed by atoms with Crippen LogP contribution in [0.1, 0.15) is 26.2 Å². The lowest BCUT2D eigenvalue weighted by Gasteiger charge is -2.29. The van der Waals surface area contributed by atoms with Gasteiger partial charge in [0.1, 0.15) is 18.1 Å². The Morgan fingerprint density at radius 2 is 1.79 bits per heavy atom. The van der Waals surface area contributed by atoms with Gasteiger partial charge in [0.15, 0.2) is 6.04 Å². The lowest BCUT2D eigenvalue weighted by molar-refractivity contribution is -0.148. The third-order valence-corrected chi connectivity index (χ3v) is 4.41. The second-order valence-corrected chi connectivity index (χ2v) is 6.70. The Kier molecular flexibility index (Phi) is 8.94. The number of nitrogens with two attached hydrogens (primary N) is 1. The second kappa shape index (κ2) is 10.7. The maximum Gasteiger partial charge on any atom is 0.328 e. The molecule has 1 heterocycles. The SMILES string of the molecule is CC(O)C(NC(=O)C1CCCN1C(=O)C(CC(=O)O)NC(=O)C(N)CO)C(=O)O. The number of rotatable bonds is 10. The van der Waals surface area contributed by atoms with E-state index >= 15 is 0 Å². The molecule has 29 heavy (non-hydrogen) atoms. The normalized spacial score (nSPS) is 20.3. The van der Waals surface area contributed by atoms with Gasteiger partial charge in [-0.3, -0.25) is 19.2 Å². The fourth-order valence-corrected chi connectivity index (χ4v) is 2.88. The molecule has 3 amide bonds. The van der Waals surface area contributed by atoms with E-state index < -0.39 is 73.0 Å². The highest BCUT2D eigenvalue weighted by molar-refractivity contribution is 5.96. The van der Waals surface area contributed by atoms with Gasteiger partial charge >= 0.3 is 11.9 Å². The molecule has 0 aromatic carbocycles. The number of hydrogen-bond donors (Lipinski definition) is 7. The molecular weight excluding hydrogens is 392 g/mol. The van der Waals surface area contributed by atoms with Crippen molar-refractivity contribution in [1.82, 2.24) is 15.5 Å². The van der Waals surface area contributed by atoms with Crippen molar-refractivity contribution >= 4 is 29.7 Å². The molecule has 1 aliphatic rings. The van der Waals surface area contributed by atoms with Crippen LogP contribution in [0.15, 0.2) is 0 Å². The minimum Gasteiger partial charge on any atom is -0.481 e. The molecule has 0 spiro atoms. The Labute approximate surface area is 165 Å². The first-order valence-corrected chi connectivity index (χ1v) is 8.89. The van der Waals surface area contributed by atoms with Crippen molar-refractivity contribution in [1.29, 1.82) is 0 Å². The smallest absolute Gasteiger partial charge is 0.328 e. The minimum atomic E-state index is -1.59. The highest BCUT2D eigenvalue weighted by Gasteiger charge is 2.40. The summed E-state index contributed by atoms with van der Waals surface area (Å²) in [6.45, 7) is 0.547. The zero-order valence-electron chi connectivity index (χ0n) is 15.8. The van der Waals surface area contributed by atoms with Gasteiger partial charge in [0.25, 0.3) is 0 Å². The molecule has 5 atom stereocenters. The van der Waals surface area contributed by atoms with Crippen molar-refractivity contribution in [2.45, 2.75) is 56.5 Å². The molecular formula is C16H26N4O9. The average Bonchev–Trinajstić information content (AvgIpc) is 3.12. The molecule has 1 rings (SSSR count). The van der Waals surface area contributed by atoms with E-state index in [1.54, 1.807) is 0 Å². The van der Waals surface area contributed by atoms with Crippen LogP contribution in [0, 0.1) is 0 Å². The quantitative estimate of drug-likeness (QED) is 0.183. The molecule has 1 fully saturated rings. The van der Waals surface area contributed by atoms with E-state index in [1.807, 2.05) is 0 Å². The van der Waals surface area contributed by atoms with E-state index in [4.69, 9.17) is 21.1 Å². The predicted molar refractivity (Wildman–Crippen MR) is 95.2 cm³/mol. The van der Waals surface area contributed by atoms with E-state index in [1.165, 1.54) is 6.92 Å². The fourth-order valence-electron chi connectivity index (χ4n) is 2.88. The van der Waals surface area contributed by atoms with E-state index in [2.05, 4.69) is 10.6 Å². The van der Waals surface area contributed by atoms with E-state index in [0.717, 1.165) is 4.90 Å². The van der Waals surface area contributed by atoms with Crippen molar-refractivity contribution in [3.8, 4) is 0 Å². The van der Waals surface area contributed by atoms with Crippen LogP contribution in [0.3, 0.4) is 0 Å². The van der Waals surface area contributed by atoms with Crippen LogP contribution in [0.25, 0.3) is 0 Å². The van der Waals surface area contributed by atoms with Gasteiger partial charge in [0.2, 0.25) is 17.7 Å². The lowest BCUT2D eigenvalue weighted by atomic mass is 10.1. The third kappa shape index (κ3) is 6.66. The van der Waals surface area contributed by atoms with Crippen LogP contribution in [0.5, 0.6) is 0 Å². The predicted octanol–water partition coefficient (Wildman–Crippen LogP) is -3.79. The molecule has 8 N–H and O–H groups in total. The van der Waals surface area contributed by atoms with Gasteiger partial charge in [0.05, 0.1) is 19.1 Å². The molecule has 13 heteroatoms. The number of aliphatic hydroxyl groups excluding tert-OH is 2. The maximum atomic E-state index is 12.8. The minimum absolute atomic E-state index is 0.0847.